The number of rotatable bonds is 4. The van der Waals surface area contributed by atoms with Crippen LogP contribution in [0.25, 0.3) is 11.0 Å². The topological polar surface area (TPSA) is 50.3 Å². The van der Waals surface area contributed by atoms with E-state index in [1.54, 1.807) is 0 Å². The van der Waals surface area contributed by atoms with Crippen LogP contribution in [-0.2, 0) is 4.74 Å². The van der Waals surface area contributed by atoms with Crippen LogP contribution in [0.2, 0.25) is 0 Å². The van der Waals surface area contributed by atoms with Crippen molar-refractivity contribution in [1.29, 1.82) is 0 Å². The molecular weight excluding hydrogens is 290 g/mol. The molecule has 23 heavy (non-hydrogen) atoms. The summed E-state index contributed by atoms with van der Waals surface area (Å²) in [6.07, 6.45) is 3.31. The van der Waals surface area contributed by atoms with Crippen molar-refractivity contribution in [2.75, 3.05) is 32.8 Å². The van der Waals surface area contributed by atoms with Gasteiger partial charge in [-0.3, -0.25) is 4.57 Å². The molecule has 1 aromatic carbocycles. The lowest BCUT2D eigenvalue weighted by Crippen LogP contribution is -2.44. The van der Waals surface area contributed by atoms with Crippen LogP contribution in [0.3, 0.4) is 0 Å². The molecule has 0 atom stereocenters. The summed E-state index contributed by atoms with van der Waals surface area (Å²) < 4.78 is 7.30. The first kappa shape index (κ1) is 15.0. The van der Waals surface area contributed by atoms with E-state index in [9.17, 15) is 4.79 Å². The molecule has 0 amide bonds. The van der Waals surface area contributed by atoms with Gasteiger partial charge in [-0.1, -0.05) is 19.1 Å². The average Bonchev–Trinajstić information content (AvgIpc) is 2.87. The predicted octanol–water partition coefficient (Wildman–Crippen LogP) is 2.39. The summed E-state index contributed by atoms with van der Waals surface area (Å²) in [4.78, 5) is 17.8. The number of aromatic amines is 1. The standard InChI is InChI=1S/C18H25N3O2/c1-18(12-23-13-18)8-11-20-9-6-14(7-10-20)21-16-5-3-2-4-15(16)19-17(21)22/h2-5,14H,6-13H2,1H3,(H,19,22). The second kappa shape index (κ2) is 5.80. The molecule has 5 nitrogen and oxygen atoms in total. The summed E-state index contributed by atoms with van der Waals surface area (Å²) in [6, 6.07) is 8.30. The van der Waals surface area contributed by atoms with Gasteiger partial charge in [-0.15, -0.1) is 0 Å². The number of aromatic nitrogens is 2. The molecule has 0 saturated carbocycles. The number of piperidine rings is 1. The van der Waals surface area contributed by atoms with Crippen molar-refractivity contribution in [3.05, 3.63) is 34.7 Å². The number of hydrogen-bond acceptors (Lipinski definition) is 3. The van der Waals surface area contributed by atoms with Gasteiger partial charge in [-0.05, 0) is 37.9 Å². The van der Waals surface area contributed by atoms with Crippen molar-refractivity contribution in [3.63, 3.8) is 0 Å². The molecule has 124 valence electrons. The first-order chi connectivity index (χ1) is 11.1. The van der Waals surface area contributed by atoms with Gasteiger partial charge in [0.25, 0.3) is 0 Å². The van der Waals surface area contributed by atoms with Crippen molar-refractivity contribution >= 4 is 11.0 Å². The normalized spacial score (nSPS) is 22.3. The zero-order chi connectivity index (χ0) is 15.9. The molecule has 0 spiro atoms. The van der Waals surface area contributed by atoms with Gasteiger partial charge in [0.2, 0.25) is 0 Å². The van der Waals surface area contributed by atoms with Crippen molar-refractivity contribution < 1.29 is 4.74 Å². The molecule has 3 heterocycles. The van der Waals surface area contributed by atoms with Gasteiger partial charge in [0.05, 0.1) is 24.2 Å². The molecule has 2 aromatic rings. The third-order valence-electron chi connectivity index (χ3n) is 5.48. The molecule has 2 fully saturated rings. The van der Waals surface area contributed by atoms with Gasteiger partial charge in [0, 0.05) is 24.5 Å². The fourth-order valence-corrected chi connectivity index (χ4v) is 3.86. The summed E-state index contributed by atoms with van der Waals surface area (Å²) in [7, 11) is 0. The molecular formula is C18H25N3O2. The molecule has 1 N–H and O–H groups in total. The fraction of sp³-hybridized carbons (Fsp3) is 0.611. The van der Waals surface area contributed by atoms with Gasteiger partial charge >= 0.3 is 5.69 Å². The van der Waals surface area contributed by atoms with Gasteiger partial charge in [0.1, 0.15) is 0 Å². The molecule has 2 aliphatic rings. The lowest BCUT2D eigenvalue weighted by Gasteiger charge is -2.40. The molecule has 4 rings (SSSR count). The van der Waals surface area contributed by atoms with E-state index in [1.807, 2.05) is 28.8 Å². The maximum atomic E-state index is 12.3. The van der Waals surface area contributed by atoms with Crippen LogP contribution >= 0.6 is 0 Å². The molecule has 0 radical (unpaired) electrons. The highest BCUT2D eigenvalue weighted by molar-refractivity contribution is 5.75. The van der Waals surface area contributed by atoms with Crippen LogP contribution < -0.4 is 5.69 Å². The highest BCUT2D eigenvalue weighted by Crippen LogP contribution is 2.31. The Morgan fingerprint density at radius 3 is 2.70 bits per heavy atom. The van der Waals surface area contributed by atoms with Crippen molar-refractivity contribution in [3.8, 4) is 0 Å². The zero-order valence-corrected chi connectivity index (χ0v) is 13.8. The van der Waals surface area contributed by atoms with Crippen LogP contribution in [0.4, 0.5) is 0 Å². The lowest BCUT2D eigenvalue weighted by molar-refractivity contribution is -0.109. The molecule has 2 aliphatic heterocycles. The Bertz CT molecular complexity index is 736. The Balaban J connectivity index is 1.41. The maximum Gasteiger partial charge on any atom is 0.326 e. The SMILES string of the molecule is CC1(CCN2CCC(n3c(=O)[nH]c4ccccc43)CC2)COC1. The highest BCUT2D eigenvalue weighted by atomic mass is 16.5. The number of nitrogens with zero attached hydrogens (tertiary/aromatic N) is 2. The van der Waals surface area contributed by atoms with E-state index in [1.165, 1.54) is 6.42 Å². The van der Waals surface area contributed by atoms with Crippen molar-refractivity contribution in [2.24, 2.45) is 5.41 Å². The Hall–Kier alpha value is -1.59. The second-order valence-electron chi connectivity index (χ2n) is 7.44. The van der Waals surface area contributed by atoms with E-state index in [2.05, 4.69) is 16.8 Å². The first-order valence-electron chi connectivity index (χ1n) is 8.64. The van der Waals surface area contributed by atoms with E-state index in [-0.39, 0.29) is 5.69 Å². The number of fused-ring (bicyclic) bond motifs is 1. The number of para-hydroxylation sites is 2. The molecule has 1 aromatic heterocycles. The van der Waals surface area contributed by atoms with E-state index in [0.29, 0.717) is 11.5 Å². The Morgan fingerprint density at radius 1 is 1.26 bits per heavy atom. The summed E-state index contributed by atoms with van der Waals surface area (Å²) in [5.41, 5.74) is 2.40. The van der Waals surface area contributed by atoms with Crippen LogP contribution in [0.5, 0.6) is 0 Å². The lowest BCUT2D eigenvalue weighted by atomic mass is 9.84. The first-order valence-corrected chi connectivity index (χ1v) is 8.64. The monoisotopic (exact) mass is 315 g/mol. The zero-order valence-electron chi connectivity index (χ0n) is 13.8. The van der Waals surface area contributed by atoms with Gasteiger partial charge in [0.15, 0.2) is 0 Å². The highest BCUT2D eigenvalue weighted by Gasteiger charge is 2.34. The number of likely N-dealkylation sites (tertiary alicyclic amines) is 1. The van der Waals surface area contributed by atoms with Crippen LogP contribution in [0.1, 0.15) is 32.2 Å². The number of H-pyrrole nitrogens is 1. The molecule has 5 heteroatoms. The smallest absolute Gasteiger partial charge is 0.326 e. The number of imidazole rings is 1. The van der Waals surface area contributed by atoms with Crippen molar-refractivity contribution in [2.45, 2.75) is 32.2 Å². The minimum absolute atomic E-state index is 0.0313. The quantitative estimate of drug-likeness (QED) is 0.942. The summed E-state index contributed by atoms with van der Waals surface area (Å²) in [5.74, 6) is 0. The van der Waals surface area contributed by atoms with E-state index >= 15 is 0 Å². The molecule has 0 aliphatic carbocycles. The average molecular weight is 315 g/mol. The van der Waals surface area contributed by atoms with E-state index in [0.717, 1.165) is 56.7 Å². The van der Waals surface area contributed by atoms with E-state index < -0.39 is 0 Å². The Kier molecular flexibility index (Phi) is 3.77. The minimum Gasteiger partial charge on any atom is -0.380 e. The van der Waals surface area contributed by atoms with Gasteiger partial charge in [-0.25, -0.2) is 4.79 Å². The maximum absolute atomic E-state index is 12.3. The summed E-state index contributed by atoms with van der Waals surface area (Å²) in [6.45, 7) is 7.44. The van der Waals surface area contributed by atoms with Crippen molar-refractivity contribution in [1.82, 2.24) is 14.5 Å². The van der Waals surface area contributed by atoms with Crippen LogP contribution in [-0.4, -0.2) is 47.3 Å². The predicted molar refractivity (Wildman–Crippen MR) is 90.8 cm³/mol. The van der Waals surface area contributed by atoms with Gasteiger partial charge < -0.3 is 14.6 Å². The third-order valence-corrected chi connectivity index (χ3v) is 5.48. The largest absolute Gasteiger partial charge is 0.380 e. The number of benzene rings is 1. The van der Waals surface area contributed by atoms with Gasteiger partial charge in [-0.2, -0.15) is 0 Å². The van der Waals surface area contributed by atoms with Crippen LogP contribution in [0.15, 0.2) is 29.1 Å². The molecule has 0 bridgehead atoms. The second-order valence-corrected chi connectivity index (χ2v) is 7.44. The summed E-state index contributed by atoms with van der Waals surface area (Å²) >= 11 is 0. The Labute approximate surface area is 136 Å². The van der Waals surface area contributed by atoms with Crippen LogP contribution in [0, 0.1) is 5.41 Å². The number of hydrogen-bond donors (Lipinski definition) is 1. The third kappa shape index (κ3) is 2.83. The number of nitrogens with one attached hydrogen (secondary N) is 1. The summed E-state index contributed by atoms with van der Waals surface area (Å²) in [5, 5.41) is 0. The Morgan fingerprint density at radius 2 is 2.00 bits per heavy atom. The number of ether oxygens (including phenoxy) is 1. The fourth-order valence-electron chi connectivity index (χ4n) is 3.86. The molecule has 0 unspecified atom stereocenters. The van der Waals surface area contributed by atoms with E-state index in [4.69, 9.17) is 4.74 Å². The minimum atomic E-state index is 0.0313. The molecule has 2 saturated heterocycles.